The van der Waals surface area contributed by atoms with Crippen LogP contribution in [0.4, 0.5) is 0 Å². The number of hydrogen-bond acceptors (Lipinski definition) is 4. The molecule has 16 heavy (non-hydrogen) atoms. The van der Waals surface area contributed by atoms with Gasteiger partial charge in [0, 0.05) is 39.7 Å². The van der Waals surface area contributed by atoms with Crippen LogP contribution in [0.25, 0.3) is 0 Å². The van der Waals surface area contributed by atoms with E-state index in [1.807, 2.05) is 0 Å². The lowest BCUT2D eigenvalue weighted by molar-refractivity contribution is -0.117. The number of hydrogen-bond donors (Lipinski definition) is 1. The highest BCUT2D eigenvalue weighted by Gasteiger charge is 2.32. The molecule has 1 saturated heterocycles. The quantitative estimate of drug-likeness (QED) is 0.749. The van der Waals surface area contributed by atoms with Gasteiger partial charge in [0.2, 0.25) is 0 Å². The van der Waals surface area contributed by atoms with Gasteiger partial charge >= 0.3 is 0 Å². The number of rotatable bonds is 6. The molecule has 0 aromatic carbocycles. The highest BCUT2D eigenvalue weighted by Crippen LogP contribution is 2.25. The van der Waals surface area contributed by atoms with Crippen molar-refractivity contribution in [2.24, 2.45) is 5.73 Å². The lowest BCUT2D eigenvalue weighted by Gasteiger charge is -2.37. The zero-order valence-corrected chi connectivity index (χ0v) is 10.8. The van der Waals surface area contributed by atoms with Crippen molar-refractivity contribution in [3.63, 3.8) is 0 Å². The number of nitrogens with two attached hydrogens (primary N) is 1. The summed E-state index contributed by atoms with van der Waals surface area (Å²) >= 11 is 0. The maximum absolute atomic E-state index is 5.97. The second kappa shape index (κ2) is 5.96. The van der Waals surface area contributed by atoms with Crippen LogP contribution in [0.5, 0.6) is 0 Å². The van der Waals surface area contributed by atoms with Crippen LogP contribution in [-0.4, -0.2) is 44.7 Å². The molecule has 0 amide bonds. The Bertz CT molecular complexity index is 200. The van der Waals surface area contributed by atoms with Gasteiger partial charge in [-0.1, -0.05) is 0 Å². The summed E-state index contributed by atoms with van der Waals surface area (Å²) in [5, 5.41) is 0. The van der Waals surface area contributed by atoms with Crippen LogP contribution in [0, 0.1) is 0 Å². The van der Waals surface area contributed by atoms with Crippen molar-refractivity contribution in [1.82, 2.24) is 0 Å². The Kier molecular flexibility index (Phi) is 5.18. The highest BCUT2D eigenvalue weighted by atomic mass is 16.5. The summed E-state index contributed by atoms with van der Waals surface area (Å²) in [5.41, 5.74) is 5.52. The molecular formula is C12H25NO3. The van der Waals surface area contributed by atoms with Crippen LogP contribution in [0.15, 0.2) is 0 Å². The molecule has 2 N–H and O–H groups in total. The Morgan fingerprint density at radius 3 is 2.44 bits per heavy atom. The summed E-state index contributed by atoms with van der Waals surface area (Å²) in [4.78, 5) is 0. The first-order chi connectivity index (χ1) is 7.54. The first-order valence-electron chi connectivity index (χ1n) is 6.00. The first kappa shape index (κ1) is 13.9. The molecule has 0 aromatic heterocycles. The predicted octanol–water partition coefficient (Wildman–Crippen LogP) is 1.33. The van der Waals surface area contributed by atoms with E-state index in [1.165, 1.54) is 0 Å². The molecule has 0 spiro atoms. The van der Waals surface area contributed by atoms with E-state index < -0.39 is 0 Å². The van der Waals surface area contributed by atoms with E-state index in [2.05, 4.69) is 13.8 Å². The van der Waals surface area contributed by atoms with Gasteiger partial charge in [-0.2, -0.15) is 0 Å². The average molecular weight is 231 g/mol. The molecule has 4 nitrogen and oxygen atoms in total. The Morgan fingerprint density at radius 2 is 1.94 bits per heavy atom. The zero-order valence-electron chi connectivity index (χ0n) is 10.8. The fourth-order valence-electron chi connectivity index (χ4n) is 1.77. The summed E-state index contributed by atoms with van der Waals surface area (Å²) in [6.07, 6.45) is 2.68. The van der Waals surface area contributed by atoms with Crippen molar-refractivity contribution in [1.29, 1.82) is 0 Å². The van der Waals surface area contributed by atoms with Crippen LogP contribution < -0.4 is 5.73 Å². The number of ether oxygens (including phenoxy) is 3. The van der Waals surface area contributed by atoms with Gasteiger partial charge < -0.3 is 19.9 Å². The Hall–Kier alpha value is -0.160. The largest absolute Gasteiger partial charge is 0.381 e. The van der Waals surface area contributed by atoms with Crippen molar-refractivity contribution in [2.75, 3.05) is 33.5 Å². The minimum atomic E-state index is -0.165. The smallest absolute Gasteiger partial charge is 0.0847 e. The molecule has 0 aliphatic carbocycles. The standard InChI is InChI=1S/C12H25NO3/c1-11(2,14-3)4-9-16-12(10-13)5-7-15-8-6-12/h4-10,13H2,1-3H3. The second-order valence-electron chi connectivity index (χ2n) is 5.06. The molecule has 4 heteroatoms. The van der Waals surface area contributed by atoms with Crippen LogP contribution in [0.3, 0.4) is 0 Å². The van der Waals surface area contributed by atoms with Crippen molar-refractivity contribution < 1.29 is 14.2 Å². The van der Waals surface area contributed by atoms with E-state index >= 15 is 0 Å². The lowest BCUT2D eigenvalue weighted by Crippen LogP contribution is -2.46. The molecule has 96 valence electrons. The molecule has 1 aliphatic rings. The predicted molar refractivity (Wildman–Crippen MR) is 63.5 cm³/mol. The number of methoxy groups -OCH3 is 1. The second-order valence-corrected chi connectivity index (χ2v) is 5.06. The van der Waals surface area contributed by atoms with Gasteiger partial charge in [-0.25, -0.2) is 0 Å². The minimum Gasteiger partial charge on any atom is -0.381 e. The monoisotopic (exact) mass is 231 g/mol. The van der Waals surface area contributed by atoms with Crippen LogP contribution in [-0.2, 0) is 14.2 Å². The van der Waals surface area contributed by atoms with Gasteiger partial charge in [0.05, 0.1) is 17.8 Å². The zero-order chi connectivity index (χ0) is 12.1. The molecule has 0 aromatic rings. The average Bonchev–Trinajstić information content (AvgIpc) is 2.30. The van der Waals surface area contributed by atoms with E-state index in [9.17, 15) is 0 Å². The van der Waals surface area contributed by atoms with Crippen LogP contribution >= 0.6 is 0 Å². The maximum atomic E-state index is 5.97. The summed E-state index contributed by atoms with van der Waals surface area (Å²) in [6.45, 7) is 6.91. The summed E-state index contributed by atoms with van der Waals surface area (Å²) in [7, 11) is 1.73. The fourth-order valence-corrected chi connectivity index (χ4v) is 1.77. The van der Waals surface area contributed by atoms with E-state index in [-0.39, 0.29) is 11.2 Å². The van der Waals surface area contributed by atoms with E-state index in [0.29, 0.717) is 13.2 Å². The highest BCUT2D eigenvalue weighted by molar-refractivity contribution is 4.85. The molecule has 0 bridgehead atoms. The van der Waals surface area contributed by atoms with Gasteiger partial charge in [-0.05, 0) is 20.3 Å². The van der Waals surface area contributed by atoms with E-state index in [0.717, 1.165) is 32.5 Å². The molecule has 0 saturated carbocycles. The summed E-state index contributed by atoms with van der Waals surface area (Å²) in [5.74, 6) is 0. The molecule has 0 unspecified atom stereocenters. The van der Waals surface area contributed by atoms with Crippen molar-refractivity contribution in [3.05, 3.63) is 0 Å². The third-order valence-corrected chi connectivity index (χ3v) is 3.44. The SMILES string of the molecule is COC(C)(C)CCOC1(CN)CCOCC1. The fraction of sp³-hybridized carbons (Fsp3) is 1.00. The van der Waals surface area contributed by atoms with Crippen molar-refractivity contribution in [2.45, 2.75) is 44.3 Å². The van der Waals surface area contributed by atoms with Gasteiger partial charge in [-0.3, -0.25) is 0 Å². The Morgan fingerprint density at radius 1 is 1.31 bits per heavy atom. The molecule has 0 radical (unpaired) electrons. The summed E-state index contributed by atoms with van der Waals surface area (Å²) < 4.78 is 16.7. The Labute approximate surface area is 98.4 Å². The molecule has 0 atom stereocenters. The van der Waals surface area contributed by atoms with Gasteiger partial charge in [0.25, 0.3) is 0 Å². The molecule has 1 rings (SSSR count). The Balaban J connectivity index is 2.33. The van der Waals surface area contributed by atoms with Gasteiger partial charge in [0.15, 0.2) is 0 Å². The third-order valence-electron chi connectivity index (χ3n) is 3.44. The maximum Gasteiger partial charge on any atom is 0.0847 e. The van der Waals surface area contributed by atoms with E-state index in [1.54, 1.807) is 7.11 Å². The normalized spacial score (nSPS) is 21.0. The van der Waals surface area contributed by atoms with Crippen LogP contribution in [0.2, 0.25) is 0 Å². The molecule has 1 fully saturated rings. The molecule has 1 aliphatic heterocycles. The third kappa shape index (κ3) is 4.01. The lowest BCUT2D eigenvalue weighted by atomic mass is 9.94. The molecular weight excluding hydrogens is 206 g/mol. The van der Waals surface area contributed by atoms with Gasteiger partial charge in [0.1, 0.15) is 0 Å². The van der Waals surface area contributed by atoms with Crippen molar-refractivity contribution in [3.8, 4) is 0 Å². The minimum absolute atomic E-state index is 0.124. The summed E-state index contributed by atoms with van der Waals surface area (Å²) in [6, 6.07) is 0. The first-order valence-corrected chi connectivity index (χ1v) is 6.00. The van der Waals surface area contributed by atoms with E-state index in [4.69, 9.17) is 19.9 Å². The van der Waals surface area contributed by atoms with Crippen molar-refractivity contribution >= 4 is 0 Å². The topological polar surface area (TPSA) is 53.7 Å². The van der Waals surface area contributed by atoms with Gasteiger partial charge in [-0.15, -0.1) is 0 Å². The molecule has 1 heterocycles. The van der Waals surface area contributed by atoms with Crippen LogP contribution in [0.1, 0.15) is 33.1 Å².